The molecule has 2 heterocycles. The third-order valence-corrected chi connectivity index (χ3v) is 3.16. The number of carbonyl (C=O) groups is 1. The Kier molecular flexibility index (Phi) is 4.37. The van der Waals surface area contributed by atoms with Gasteiger partial charge in [-0.15, -0.1) is 0 Å². The number of ether oxygens (including phenoxy) is 1. The van der Waals surface area contributed by atoms with Gasteiger partial charge in [0.05, 0.1) is 6.10 Å². The Morgan fingerprint density at radius 3 is 3.00 bits per heavy atom. The van der Waals surface area contributed by atoms with Crippen molar-refractivity contribution >= 4 is 5.91 Å². The number of hydrogen-bond donors (Lipinski definition) is 1. The van der Waals surface area contributed by atoms with Crippen molar-refractivity contribution in [1.29, 1.82) is 0 Å². The van der Waals surface area contributed by atoms with Crippen molar-refractivity contribution in [1.82, 2.24) is 9.88 Å². The first-order valence-electron chi connectivity index (χ1n) is 6.68. The quantitative estimate of drug-likeness (QED) is 0.866. The average molecular weight is 263 g/mol. The lowest BCUT2D eigenvalue weighted by atomic mass is 10.1. The van der Waals surface area contributed by atoms with Gasteiger partial charge in [-0.25, -0.2) is 4.98 Å². The first-order valence-corrected chi connectivity index (χ1v) is 6.68. The molecular weight excluding hydrogens is 242 g/mol. The molecule has 1 aromatic heterocycles. The Bertz CT molecular complexity index is 448. The topological polar surface area (TPSA) is 68.5 Å². The SMILES string of the molecule is CC(C)Oc1cc(CN2CC(CN)CC2=O)ccn1. The van der Waals surface area contributed by atoms with Crippen LogP contribution in [-0.2, 0) is 11.3 Å². The largest absolute Gasteiger partial charge is 0.475 e. The fourth-order valence-electron chi connectivity index (χ4n) is 2.24. The highest BCUT2D eigenvalue weighted by Gasteiger charge is 2.28. The molecule has 2 N–H and O–H groups in total. The van der Waals surface area contributed by atoms with E-state index in [1.54, 1.807) is 6.20 Å². The predicted molar refractivity (Wildman–Crippen MR) is 72.6 cm³/mol. The number of pyridine rings is 1. The van der Waals surface area contributed by atoms with Crippen LogP contribution in [0.1, 0.15) is 25.8 Å². The Morgan fingerprint density at radius 1 is 1.58 bits per heavy atom. The van der Waals surface area contributed by atoms with Crippen LogP contribution in [0, 0.1) is 5.92 Å². The Hall–Kier alpha value is -1.62. The molecule has 0 radical (unpaired) electrons. The average Bonchev–Trinajstić information content (AvgIpc) is 2.70. The van der Waals surface area contributed by atoms with Crippen molar-refractivity contribution in [3.8, 4) is 5.88 Å². The van der Waals surface area contributed by atoms with E-state index in [1.165, 1.54) is 0 Å². The summed E-state index contributed by atoms with van der Waals surface area (Å²) in [6.07, 6.45) is 2.38. The lowest BCUT2D eigenvalue weighted by Gasteiger charge is -2.17. The van der Waals surface area contributed by atoms with Gasteiger partial charge in [0.25, 0.3) is 0 Å². The second-order valence-electron chi connectivity index (χ2n) is 5.25. The standard InChI is InChI=1S/C14H21N3O2/c1-10(2)19-13-5-11(3-4-16-13)8-17-9-12(7-15)6-14(17)18/h3-5,10,12H,6-9,15H2,1-2H3. The number of aromatic nitrogens is 1. The zero-order valence-corrected chi connectivity index (χ0v) is 11.5. The van der Waals surface area contributed by atoms with E-state index in [1.807, 2.05) is 30.9 Å². The number of nitrogens with zero attached hydrogens (tertiary/aromatic N) is 2. The highest BCUT2D eigenvalue weighted by molar-refractivity contribution is 5.78. The highest BCUT2D eigenvalue weighted by Crippen LogP contribution is 2.20. The summed E-state index contributed by atoms with van der Waals surface area (Å²) in [7, 11) is 0. The van der Waals surface area contributed by atoms with Crippen molar-refractivity contribution in [2.24, 2.45) is 11.7 Å². The van der Waals surface area contributed by atoms with E-state index >= 15 is 0 Å². The molecule has 1 aromatic rings. The first kappa shape index (κ1) is 13.8. The molecule has 0 saturated carbocycles. The van der Waals surface area contributed by atoms with Gasteiger partial charge in [-0.05, 0) is 37.9 Å². The minimum Gasteiger partial charge on any atom is -0.475 e. The monoisotopic (exact) mass is 263 g/mol. The molecule has 1 saturated heterocycles. The van der Waals surface area contributed by atoms with Crippen molar-refractivity contribution in [3.05, 3.63) is 23.9 Å². The van der Waals surface area contributed by atoms with E-state index in [4.69, 9.17) is 10.5 Å². The number of rotatable bonds is 5. The maximum absolute atomic E-state index is 11.8. The Labute approximate surface area is 113 Å². The molecule has 104 valence electrons. The molecule has 19 heavy (non-hydrogen) atoms. The summed E-state index contributed by atoms with van der Waals surface area (Å²) in [6, 6.07) is 3.80. The van der Waals surface area contributed by atoms with E-state index in [2.05, 4.69) is 4.98 Å². The third kappa shape index (κ3) is 3.67. The van der Waals surface area contributed by atoms with Crippen LogP contribution in [-0.4, -0.2) is 35.0 Å². The molecule has 1 atom stereocenters. The number of amides is 1. The second-order valence-corrected chi connectivity index (χ2v) is 5.25. The van der Waals surface area contributed by atoms with Crippen molar-refractivity contribution < 1.29 is 9.53 Å². The van der Waals surface area contributed by atoms with Crippen LogP contribution in [0.5, 0.6) is 5.88 Å². The predicted octanol–water partition coefficient (Wildman–Crippen LogP) is 1.18. The van der Waals surface area contributed by atoms with Crippen LogP contribution < -0.4 is 10.5 Å². The normalized spacial score (nSPS) is 19.3. The number of hydrogen-bond acceptors (Lipinski definition) is 4. The maximum atomic E-state index is 11.8. The maximum Gasteiger partial charge on any atom is 0.223 e. The number of nitrogens with two attached hydrogens (primary N) is 1. The Balaban J connectivity index is 2.01. The minimum absolute atomic E-state index is 0.0952. The van der Waals surface area contributed by atoms with Crippen molar-refractivity contribution in [2.75, 3.05) is 13.1 Å². The molecule has 0 spiro atoms. The molecule has 1 fully saturated rings. The lowest BCUT2D eigenvalue weighted by Crippen LogP contribution is -2.25. The summed E-state index contributed by atoms with van der Waals surface area (Å²) >= 11 is 0. The van der Waals surface area contributed by atoms with E-state index in [0.717, 1.165) is 12.1 Å². The molecule has 2 rings (SSSR count). The van der Waals surface area contributed by atoms with E-state index in [0.29, 0.717) is 31.3 Å². The van der Waals surface area contributed by atoms with Crippen LogP contribution in [0.15, 0.2) is 18.3 Å². The van der Waals surface area contributed by atoms with Crippen LogP contribution in [0.4, 0.5) is 0 Å². The fourth-order valence-corrected chi connectivity index (χ4v) is 2.24. The molecule has 5 heteroatoms. The van der Waals surface area contributed by atoms with Gasteiger partial charge >= 0.3 is 0 Å². The zero-order valence-electron chi connectivity index (χ0n) is 11.5. The molecule has 0 bridgehead atoms. The molecule has 5 nitrogen and oxygen atoms in total. The smallest absolute Gasteiger partial charge is 0.223 e. The van der Waals surface area contributed by atoms with Gasteiger partial charge in [-0.1, -0.05) is 0 Å². The highest BCUT2D eigenvalue weighted by atomic mass is 16.5. The molecule has 1 unspecified atom stereocenters. The van der Waals surface area contributed by atoms with Crippen LogP contribution in [0.2, 0.25) is 0 Å². The van der Waals surface area contributed by atoms with Gasteiger partial charge in [0.2, 0.25) is 11.8 Å². The Morgan fingerprint density at radius 2 is 2.37 bits per heavy atom. The van der Waals surface area contributed by atoms with Gasteiger partial charge in [-0.2, -0.15) is 0 Å². The number of carbonyl (C=O) groups excluding carboxylic acids is 1. The van der Waals surface area contributed by atoms with E-state index in [-0.39, 0.29) is 12.0 Å². The molecule has 1 aliphatic heterocycles. The van der Waals surface area contributed by atoms with Crippen molar-refractivity contribution in [2.45, 2.75) is 32.9 Å². The lowest BCUT2D eigenvalue weighted by molar-refractivity contribution is -0.128. The van der Waals surface area contributed by atoms with Crippen LogP contribution in [0.3, 0.4) is 0 Å². The summed E-state index contributed by atoms with van der Waals surface area (Å²) in [5.74, 6) is 1.08. The van der Waals surface area contributed by atoms with Gasteiger partial charge in [0.1, 0.15) is 0 Å². The minimum atomic E-state index is 0.0952. The van der Waals surface area contributed by atoms with Gasteiger partial charge in [0, 0.05) is 31.8 Å². The molecule has 1 amide bonds. The van der Waals surface area contributed by atoms with Gasteiger partial charge in [-0.3, -0.25) is 4.79 Å². The van der Waals surface area contributed by atoms with Crippen molar-refractivity contribution in [3.63, 3.8) is 0 Å². The fraction of sp³-hybridized carbons (Fsp3) is 0.571. The van der Waals surface area contributed by atoms with Gasteiger partial charge in [0.15, 0.2) is 0 Å². The molecule has 0 aliphatic carbocycles. The van der Waals surface area contributed by atoms with E-state index < -0.39 is 0 Å². The zero-order chi connectivity index (χ0) is 13.8. The van der Waals surface area contributed by atoms with E-state index in [9.17, 15) is 4.79 Å². The van der Waals surface area contributed by atoms with Gasteiger partial charge < -0.3 is 15.4 Å². The number of likely N-dealkylation sites (tertiary alicyclic amines) is 1. The first-order chi connectivity index (χ1) is 9.08. The summed E-state index contributed by atoms with van der Waals surface area (Å²) in [4.78, 5) is 17.8. The molecule has 1 aliphatic rings. The summed E-state index contributed by atoms with van der Waals surface area (Å²) < 4.78 is 5.55. The summed E-state index contributed by atoms with van der Waals surface area (Å²) in [5, 5.41) is 0. The summed E-state index contributed by atoms with van der Waals surface area (Å²) in [5.41, 5.74) is 6.66. The van der Waals surface area contributed by atoms with Crippen LogP contribution >= 0.6 is 0 Å². The molecular formula is C14H21N3O2. The third-order valence-electron chi connectivity index (χ3n) is 3.16. The molecule has 0 aromatic carbocycles. The van der Waals surface area contributed by atoms with Crippen LogP contribution in [0.25, 0.3) is 0 Å². The second kappa shape index (κ2) is 6.02. The summed E-state index contributed by atoms with van der Waals surface area (Å²) in [6.45, 7) is 5.85.